The van der Waals surface area contributed by atoms with Crippen LogP contribution in [-0.2, 0) is 6.42 Å². The predicted molar refractivity (Wildman–Crippen MR) is 90.5 cm³/mol. The Bertz CT molecular complexity index is 729. The Morgan fingerprint density at radius 2 is 2.17 bits per heavy atom. The molecule has 5 heteroatoms. The SMILES string of the molecule is COc1ccccc1C(CO)NC(=O)c1ccc2c(c1)CCCO2. The summed E-state index contributed by atoms with van der Waals surface area (Å²) in [6.45, 7) is 0.513. The van der Waals surface area contributed by atoms with Crippen LogP contribution >= 0.6 is 0 Å². The molecule has 0 bridgehead atoms. The van der Waals surface area contributed by atoms with E-state index in [0.29, 0.717) is 11.3 Å². The number of para-hydroxylation sites is 1. The van der Waals surface area contributed by atoms with Crippen molar-refractivity contribution < 1.29 is 19.4 Å². The number of fused-ring (bicyclic) bond motifs is 1. The molecule has 0 aliphatic carbocycles. The van der Waals surface area contributed by atoms with Crippen molar-refractivity contribution in [3.05, 3.63) is 59.2 Å². The summed E-state index contributed by atoms with van der Waals surface area (Å²) in [7, 11) is 1.57. The van der Waals surface area contributed by atoms with Gasteiger partial charge < -0.3 is 19.9 Å². The molecule has 0 saturated heterocycles. The van der Waals surface area contributed by atoms with Crippen LogP contribution in [0.15, 0.2) is 42.5 Å². The van der Waals surface area contributed by atoms with Crippen LogP contribution in [-0.4, -0.2) is 31.3 Å². The number of hydrogen-bond acceptors (Lipinski definition) is 4. The van der Waals surface area contributed by atoms with Gasteiger partial charge in [-0.3, -0.25) is 4.79 Å². The summed E-state index contributed by atoms with van der Waals surface area (Å²) in [5.74, 6) is 1.25. The fourth-order valence-electron chi connectivity index (χ4n) is 2.92. The molecule has 5 nitrogen and oxygen atoms in total. The summed E-state index contributed by atoms with van der Waals surface area (Å²) in [6.07, 6.45) is 1.87. The lowest BCUT2D eigenvalue weighted by molar-refractivity contribution is 0.0915. The Balaban J connectivity index is 1.80. The molecule has 0 radical (unpaired) electrons. The smallest absolute Gasteiger partial charge is 0.251 e. The third-order valence-corrected chi connectivity index (χ3v) is 4.17. The molecule has 126 valence electrons. The number of carbonyl (C=O) groups excluding carboxylic acids is 1. The monoisotopic (exact) mass is 327 g/mol. The number of rotatable bonds is 5. The van der Waals surface area contributed by atoms with Crippen molar-refractivity contribution >= 4 is 5.91 Å². The van der Waals surface area contributed by atoms with Crippen LogP contribution < -0.4 is 14.8 Å². The van der Waals surface area contributed by atoms with Gasteiger partial charge in [0, 0.05) is 11.1 Å². The third kappa shape index (κ3) is 3.36. The van der Waals surface area contributed by atoms with Crippen molar-refractivity contribution in [2.75, 3.05) is 20.3 Å². The molecule has 2 aromatic carbocycles. The quantitative estimate of drug-likeness (QED) is 0.885. The lowest BCUT2D eigenvalue weighted by atomic mass is 10.0. The molecule has 1 atom stereocenters. The van der Waals surface area contributed by atoms with Crippen molar-refractivity contribution in [3.63, 3.8) is 0 Å². The minimum atomic E-state index is -0.527. The molecule has 1 aliphatic rings. The number of aryl methyl sites for hydroxylation is 1. The predicted octanol–water partition coefficient (Wildman–Crippen LogP) is 2.48. The molecule has 0 saturated carbocycles. The van der Waals surface area contributed by atoms with E-state index in [1.807, 2.05) is 30.3 Å². The molecule has 1 heterocycles. The van der Waals surface area contributed by atoms with E-state index < -0.39 is 6.04 Å². The fourth-order valence-corrected chi connectivity index (χ4v) is 2.92. The van der Waals surface area contributed by atoms with Crippen molar-refractivity contribution in [1.29, 1.82) is 0 Å². The summed E-state index contributed by atoms with van der Waals surface area (Å²) in [5, 5.41) is 12.6. The van der Waals surface area contributed by atoms with Crippen LogP contribution in [0.25, 0.3) is 0 Å². The Hall–Kier alpha value is -2.53. The van der Waals surface area contributed by atoms with E-state index in [1.54, 1.807) is 19.2 Å². The largest absolute Gasteiger partial charge is 0.496 e. The number of aliphatic hydroxyl groups excluding tert-OH is 1. The molecule has 24 heavy (non-hydrogen) atoms. The van der Waals surface area contributed by atoms with Crippen LogP contribution in [0, 0.1) is 0 Å². The second-order valence-corrected chi connectivity index (χ2v) is 5.73. The highest BCUT2D eigenvalue weighted by atomic mass is 16.5. The summed E-state index contributed by atoms with van der Waals surface area (Å²) in [4.78, 5) is 12.6. The Kier molecular flexibility index (Phi) is 5.01. The van der Waals surface area contributed by atoms with E-state index in [2.05, 4.69) is 5.32 Å². The van der Waals surface area contributed by atoms with E-state index in [-0.39, 0.29) is 12.5 Å². The standard InChI is InChI=1S/C19H21NO4/c1-23-18-7-3-2-6-15(18)16(12-21)20-19(22)14-8-9-17-13(11-14)5-4-10-24-17/h2-3,6-9,11,16,21H,4-5,10,12H2,1H3,(H,20,22). The number of nitrogens with one attached hydrogen (secondary N) is 1. The van der Waals surface area contributed by atoms with E-state index in [9.17, 15) is 9.90 Å². The molecule has 0 fully saturated rings. The number of ether oxygens (including phenoxy) is 2. The lowest BCUT2D eigenvalue weighted by Gasteiger charge is -2.21. The maximum absolute atomic E-state index is 12.6. The van der Waals surface area contributed by atoms with Crippen LogP contribution in [0.4, 0.5) is 0 Å². The van der Waals surface area contributed by atoms with Gasteiger partial charge in [0.2, 0.25) is 0 Å². The van der Waals surface area contributed by atoms with E-state index >= 15 is 0 Å². The van der Waals surface area contributed by atoms with Gasteiger partial charge in [0.1, 0.15) is 11.5 Å². The number of methoxy groups -OCH3 is 1. The molecule has 2 N–H and O–H groups in total. The summed E-state index contributed by atoms with van der Waals surface area (Å²) >= 11 is 0. The second-order valence-electron chi connectivity index (χ2n) is 5.73. The first-order chi connectivity index (χ1) is 11.7. The fraction of sp³-hybridized carbons (Fsp3) is 0.316. The normalized spacial score (nSPS) is 14.2. The van der Waals surface area contributed by atoms with Gasteiger partial charge in [0.15, 0.2) is 0 Å². The second kappa shape index (κ2) is 7.36. The maximum atomic E-state index is 12.6. The van der Waals surface area contributed by atoms with E-state index in [4.69, 9.17) is 9.47 Å². The Labute approximate surface area is 141 Å². The number of aliphatic hydroxyl groups is 1. The molecule has 1 aliphatic heterocycles. The zero-order chi connectivity index (χ0) is 16.9. The number of hydrogen-bond donors (Lipinski definition) is 2. The van der Waals surface area contributed by atoms with Crippen LogP contribution in [0.2, 0.25) is 0 Å². The van der Waals surface area contributed by atoms with Crippen molar-refractivity contribution in [2.45, 2.75) is 18.9 Å². The average Bonchev–Trinajstić information content (AvgIpc) is 2.65. The number of benzene rings is 2. The zero-order valence-corrected chi connectivity index (χ0v) is 13.6. The minimum absolute atomic E-state index is 0.208. The average molecular weight is 327 g/mol. The molecular weight excluding hydrogens is 306 g/mol. The Morgan fingerprint density at radius 1 is 1.33 bits per heavy atom. The maximum Gasteiger partial charge on any atom is 0.251 e. The first kappa shape index (κ1) is 16.3. The highest BCUT2D eigenvalue weighted by molar-refractivity contribution is 5.95. The van der Waals surface area contributed by atoms with Gasteiger partial charge in [-0.25, -0.2) is 0 Å². The van der Waals surface area contributed by atoms with Gasteiger partial charge >= 0.3 is 0 Å². The van der Waals surface area contributed by atoms with Gasteiger partial charge in [0.25, 0.3) is 5.91 Å². The highest BCUT2D eigenvalue weighted by Crippen LogP contribution is 2.27. The van der Waals surface area contributed by atoms with Crippen LogP contribution in [0.3, 0.4) is 0 Å². The van der Waals surface area contributed by atoms with Gasteiger partial charge in [-0.2, -0.15) is 0 Å². The molecule has 0 spiro atoms. The molecule has 0 aromatic heterocycles. The molecular formula is C19H21NO4. The summed E-state index contributed by atoms with van der Waals surface area (Å²) < 4.78 is 10.9. The number of carbonyl (C=O) groups is 1. The first-order valence-corrected chi connectivity index (χ1v) is 8.03. The Morgan fingerprint density at radius 3 is 2.96 bits per heavy atom. The highest BCUT2D eigenvalue weighted by Gasteiger charge is 2.19. The minimum Gasteiger partial charge on any atom is -0.496 e. The van der Waals surface area contributed by atoms with Crippen LogP contribution in [0.1, 0.15) is 33.9 Å². The van der Waals surface area contributed by atoms with Crippen molar-refractivity contribution in [3.8, 4) is 11.5 Å². The molecule has 1 unspecified atom stereocenters. The van der Waals surface area contributed by atoms with Crippen LogP contribution in [0.5, 0.6) is 11.5 Å². The van der Waals surface area contributed by atoms with Gasteiger partial charge in [0.05, 0.1) is 26.4 Å². The lowest BCUT2D eigenvalue weighted by Crippen LogP contribution is -2.31. The van der Waals surface area contributed by atoms with Gasteiger partial charge in [-0.15, -0.1) is 0 Å². The summed E-state index contributed by atoms with van der Waals surface area (Å²) in [5.41, 5.74) is 2.36. The zero-order valence-electron chi connectivity index (χ0n) is 13.6. The topological polar surface area (TPSA) is 67.8 Å². The van der Waals surface area contributed by atoms with Gasteiger partial charge in [-0.1, -0.05) is 18.2 Å². The summed E-state index contributed by atoms with van der Waals surface area (Å²) in [6, 6.07) is 12.3. The molecule has 2 aromatic rings. The van der Waals surface area contributed by atoms with Crippen molar-refractivity contribution in [2.24, 2.45) is 0 Å². The molecule has 1 amide bonds. The number of amides is 1. The van der Waals surface area contributed by atoms with E-state index in [0.717, 1.165) is 36.3 Å². The molecule has 3 rings (SSSR count). The first-order valence-electron chi connectivity index (χ1n) is 8.03. The van der Waals surface area contributed by atoms with E-state index in [1.165, 1.54) is 0 Å². The van der Waals surface area contributed by atoms with Crippen molar-refractivity contribution in [1.82, 2.24) is 5.32 Å². The van der Waals surface area contributed by atoms with Gasteiger partial charge in [-0.05, 0) is 42.7 Å². The third-order valence-electron chi connectivity index (χ3n) is 4.17.